The molecule has 2 aromatic rings. The fourth-order valence-electron chi connectivity index (χ4n) is 1.75. The molecular weight excluding hydrogens is 246 g/mol. The zero-order valence-electron chi connectivity index (χ0n) is 10.4. The van der Waals surface area contributed by atoms with Crippen molar-refractivity contribution in [3.05, 3.63) is 28.4 Å². The summed E-state index contributed by atoms with van der Waals surface area (Å²) in [4.78, 5) is 10.9. The molecule has 7 heteroatoms. The second-order valence-electron chi connectivity index (χ2n) is 4.64. The topological polar surface area (TPSA) is 96.7 Å². The van der Waals surface area contributed by atoms with Gasteiger partial charge < -0.3 is 9.73 Å². The van der Waals surface area contributed by atoms with Crippen molar-refractivity contribution >= 4 is 0 Å². The molecule has 2 N–H and O–H groups in total. The highest BCUT2D eigenvalue weighted by Gasteiger charge is 2.19. The first-order valence-electron chi connectivity index (χ1n) is 6.43. The number of nitrogens with zero attached hydrogens (tertiary/aromatic N) is 3. The van der Waals surface area contributed by atoms with E-state index in [2.05, 4.69) is 25.7 Å². The molecule has 100 valence electrons. The molecular formula is C12H15N5O2. The van der Waals surface area contributed by atoms with Gasteiger partial charge in [0.05, 0.1) is 0 Å². The smallest absolute Gasteiger partial charge is 0.268 e. The molecule has 19 heavy (non-hydrogen) atoms. The van der Waals surface area contributed by atoms with Crippen LogP contribution in [0.5, 0.6) is 0 Å². The van der Waals surface area contributed by atoms with Gasteiger partial charge in [0.25, 0.3) is 11.4 Å². The van der Waals surface area contributed by atoms with E-state index in [0.717, 1.165) is 25.4 Å². The van der Waals surface area contributed by atoms with Crippen LogP contribution in [0.15, 0.2) is 21.3 Å². The van der Waals surface area contributed by atoms with E-state index in [1.165, 1.54) is 18.9 Å². The van der Waals surface area contributed by atoms with Crippen molar-refractivity contribution in [2.45, 2.75) is 31.7 Å². The van der Waals surface area contributed by atoms with Crippen LogP contribution in [-0.2, 0) is 6.42 Å². The molecule has 0 atom stereocenters. The lowest BCUT2D eigenvalue weighted by molar-refractivity contribution is 0.489. The summed E-state index contributed by atoms with van der Waals surface area (Å²) in [5, 5.41) is 17.5. The Bertz CT molecular complexity index is 582. The van der Waals surface area contributed by atoms with Crippen LogP contribution in [0.25, 0.3) is 11.6 Å². The molecule has 0 unspecified atom stereocenters. The monoisotopic (exact) mass is 261 g/mol. The highest BCUT2D eigenvalue weighted by atomic mass is 16.4. The van der Waals surface area contributed by atoms with Gasteiger partial charge in [-0.3, -0.25) is 4.79 Å². The van der Waals surface area contributed by atoms with Crippen molar-refractivity contribution in [2.75, 3.05) is 6.54 Å². The van der Waals surface area contributed by atoms with E-state index in [4.69, 9.17) is 4.42 Å². The normalized spacial score (nSPS) is 14.7. The summed E-state index contributed by atoms with van der Waals surface area (Å²) in [6.07, 6.45) is 4.30. The lowest BCUT2D eigenvalue weighted by atomic mass is 10.3. The molecule has 0 saturated heterocycles. The maximum Gasteiger partial charge on any atom is 0.268 e. The fraction of sp³-hybridized carbons (Fsp3) is 0.500. The van der Waals surface area contributed by atoms with Gasteiger partial charge in [-0.2, -0.15) is 5.10 Å². The number of aryl methyl sites for hydroxylation is 1. The van der Waals surface area contributed by atoms with Crippen LogP contribution in [0.3, 0.4) is 0 Å². The summed E-state index contributed by atoms with van der Waals surface area (Å²) < 4.78 is 5.50. The lowest BCUT2D eigenvalue weighted by Gasteiger charge is -1.99. The Morgan fingerprint density at radius 3 is 3.00 bits per heavy atom. The molecule has 0 aromatic carbocycles. The fourth-order valence-corrected chi connectivity index (χ4v) is 1.75. The summed E-state index contributed by atoms with van der Waals surface area (Å²) >= 11 is 0. The molecule has 0 amide bonds. The third-order valence-electron chi connectivity index (χ3n) is 2.94. The molecule has 1 fully saturated rings. The van der Waals surface area contributed by atoms with Crippen molar-refractivity contribution < 1.29 is 4.42 Å². The largest absolute Gasteiger partial charge is 0.419 e. The van der Waals surface area contributed by atoms with Crippen LogP contribution in [0.2, 0.25) is 0 Å². The predicted octanol–water partition coefficient (Wildman–Crippen LogP) is 0.504. The van der Waals surface area contributed by atoms with Crippen molar-refractivity contribution in [1.82, 2.24) is 25.7 Å². The average molecular weight is 261 g/mol. The van der Waals surface area contributed by atoms with Gasteiger partial charge in [-0.1, -0.05) is 0 Å². The maximum atomic E-state index is 10.9. The average Bonchev–Trinajstić information content (AvgIpc) is 3.13. The molecule has 1 aliphatic rings. The molecule has 3 rings (SSSR count). The van der Waals surface area contributed by atoms with E-state index in [1.54, 1.807) is 6.07 Å². The van der Waals surface area contributed by atoms with Gasteiger partial charge in [-0.25, -0.2) is 5.10 Å². The predicted molar refractivity (Wildman–Crippen MR) is 67.5 cm³/mol. The number of hydrogen-bond donors (Lipinski definition) is 2. The number of aromatic nitrogens is 4. The van der Waals surface area contributed by atoms with Crippen molar-refractivity contribution in [3.63, 3.8) is 0 Å². The summed E-state index contributed by atoms with van der Waals surface area (Å²) in [7, 11) is 0. The molecule has 1 aliphatic carbocycles. The van der Waals surface area contributed by atoms with Gasteiger partial charge >= 0.3 is 0 Å². The van der Waals surface area contributed by atoms with Crippen LogP contribution in [0.4, 0.5) is 0 Å². The van der Waals surface area contributed by atoms with Crippen LogP contribution in [0.1, 0.15) is 25.2 Å². The van der Waals surface area contributed by atoms with Gasteiger partial charge in [-0.05, 0) is 31.9 Å². The number of nitrogens with one attached hydrogen (secondary N) is 2. The van der Waals surface area contributed by atoms with Crippen LogP contribution in [0, 0.1) is 0 Å². The minimum atomic E-state index is -0.255. The summed E-state index contributed by atoms with van der Waals surface area (Å²) in [6, 6.07) is 3.67. The van der Waals surface area contributed by atoms with Gasteiger partial charge in [0.2, 0.25) is 5.89 Å². The zero-order chi connectivity index (χ0) is 13.1. The van der Waals surface area contributed by atoms with E-state index >= 15 is 0 Å². The molecule has 0 bridgehead atoms. The first-order chi connectivity index (χ1) is 9.31. The summed E-state index contributed by atoms with van der Waals surface area (Å²) in [5.74, 6) is 0.932. The van der Waals surface area contributed by atoms with Crippen molar-refractivity contribution in [1.29, 1.82) is 0 Å². The van der Waals surface area contributed by atoms with Gasteiger partial charge in [-0.15, -0.1) is 10.2 Å². The van der Waals surface area contributed by atoms with Crippen LogP contribution >= 0.6 is 0 Å². The molecule has 0 radical (unpaired) electrons. The van der Waals surface area contributed by atoms with Gasteiger partial charge in [0.15, 0.2) is 0 Å². The van der Waals surface area contributed by atoms with E-state index in [-0.39, 0.29) is 5.56 Å². The minimum Gasteiger partial charge on any atom is -0.419 e. The van der Waals surface area contributed by atoms with E-state index in [0.29, 0.717) is 17.5 Å². The number of hydrogen-bond acceptors (Lipinski definition) is 6. The SMILES string of the molecule is O=c1ccc(-c2nnc(CCCNC3CC3)o2)n[nH]1. The first-order valence-corrected chi connectivity index (χ1v) is 6.43. The Morgan fingerprint density at radius 2 is 2.26 bits per heavy atom. The number of H-pyrrole nitrogens is 1. The van der Waals surface area contributed by atoms with Crippen LogP contribution < -0.4 is 10.9 Å². The second kappa shape index (κ2) is 5.31. The molecule has 2 aromatic heterocycles. The maximum absolute atomic E-state index is 10.9. The Hall–Kier alpha value is -2.02. The molecule has 0 aliphatic heterocycles. The molecule has 7 nitrogen and oxygen atoms in total. The van der Waals surface area contributed by atoms with E-state index < -0.39 is 0 Å². The molecule has 1 saturated carbocycles. The summed E-state index contributed by atoms with van der Waals surface area (Å²) in [5.41, 5.74) is 0.226. The molecule has 0 spiro atoms. The lowest BCUT2D eigenvalue weighted by Crippen LogP contribution is -2.17. The second-order valence-corrected chi connectivity index (χ2v) is 4.64. The Labute approximate surface area is 109 Å². The number of rotatable bonds is 6. The summed E-state index contributed by atoms with van der Waals surface area (Å²) in [6.45, 7) is 0.972. The Kier molecular flexibility index (Phi) is 3.37. The van der Waals surface area contributed by atoms with Crippen molar-refractivity contribution in [2.24, 2.45) is 0 Å². The number of aromatic amines is 1. The first kappa shape index (κ1) is 12.0. The van der Waals surface area contributed by atoms with E-state index in [1.807, 2.05) is 0 Å². The third-order valence-corrected chi connectivity index (χ3v) is 2.94. The quantitative estimate of drug-likeness (QED) is 0.735. The highest BCUT2D eigenvalue weighted by molar-refractivity contribution is 5.43. The zero-order valence-corrected chi connectivity index (χ0v) is 10.4. The van der Waals surface area contributed by atoms with Crippen molar-refractivity contribution in [3.8, 4) is 11.6 Å². The Balaban J connectivity index is 1.55. The Morgan fingerprint density at radius 1 is 1.37 bits per heavy atom. The highest BCUT2D eigenvalue weighted by Crippen LogP contribution is 2.18. The van der Waals surface area contributed by atoms with E-state index in [9.17, 15) is 4.79 Å². The molecule has 2 heterocycles. The minimum absolute atomic E-state index is 0.255. The third kappa shape index (κ3) is 3.25. The van der Waals surface area contributed by atoms with Gasteiger partial charge in [0.1, 0.15) is 5.69 Å². The van der Waals surface area contributed by atoms with Crippen LogP contribution in [-0.4, -0.2) is 33.0 Å². The van der Waals surface area contributed by atoms with Gasteiger partial charge in [0, 0.05) is 18.5 Å². The standard InChI is InChI=1S/C12H15N5O2/c18-10-6-5-9(14-15-10)12-17-16-11(19-12)2-1-7-13-8-3-4-8/h5-6,8,13H,1-4,7H2,(H,15,18).